The SMILES string of the molecule is Cc1cc(C(=O)O)ccc1NC(=O)NC1(C)CCOCC1. The van der Waals surface area contributed by atoms with Crippen molar-refractivity contribution in [3.63, 3.8) is 0 Å². The maximum Gasteiger partial charge on any atom is 0.335 e. The van der Waals surface area contributed by atoms with Crippen LogP contribution in [0.5, 0.6) is 0 Å². The van der Waals surface area contributed by atoms with Crippen LogP contribution in [-0.2, 0) is 4.74 Å². The van der Waals surface area contributed by atoms with Gasteiger partial charge in [-0.2, -0.15) is 0 Å². The minimum Gasteiger partial charge on any atom is -0.478 e. The number of aromatic carboxylic acids is 1. The molecule has 0 unspecified atom stereocenters. The summed E-state index contributed by atoms with van der Waals surface area (Å²) in [6, 6.07) is 4.32. The van der Waals surface area contributed by atoms with Gasteiger partial charge in [-0.15, -0.1) is 0 Å². The van der Waals surface area contributed by atoms with Crippen LogP contribution >= 0.6 is 0 Å². The highest BCUT2D eigenvalue weighted by atomic mass is 16.5. The van der Waals surface area contributed by atoms with Crippen LogP contribution in [0.25, 0.3) is 0 Å². The molecule has 0 bridgehead atoms. The molecular formula is C15H20N2O4. The molecular weight excluding hydrogens is 272 g/mol. The van der Waals surface area contributed by atoms with Crippen molar-refractivity contribution in [2.24, 2.45) is 0 Å². The minimum absolute atomic E-state index is 0.204. The summed E-state index contributed by atoms with van der Waals surface area (Å²) < 4.78 is 5.29. The van der Waals surface area contributed by atoms with Crippen LogP contribution in [0.4, 0.5) is 10.5 Å². The molecule has 0 radical (unpaired) electrons. The Hall–Kier alpha value is -2.08. The van der Waals surface area contributed by atoms with E-state index in [1.165, 1.54) is 12.1 Å². The van der Waals surface area contributed by atoms with Gasteiger partial charge in [-0.25, -0.2) is 9.59 Å². The lowest BCUT2D eigenvalue weighted by molar-refractivity contribution is 0.0499. The summed E-state index contributed by atoms with van der Waals surface area (Å²) in [6.45, 7) is 5.04. The molecule has 1 heterocycles. The Balaban J connectivity index is 2.01. The van der Waals surface area contributed by atoms with Crippen LogP contribution in [0, 0.1) is 6.92 Å². The number of hydrogen-bond acceptors (Lipinski definition) is 3. The molecule has 1 aliphatic heterocycles. The van der Waals surface area contributed by atoms with Gasteiger partial charge < -0.3 is 20.5 Å². The first-order valence-electron chi connectivity index (χ1n) is 6.90. The lowest BCUT2D eigenvalue weighted by Crippen LogP contribution is -2.51. The Kier molecular flexibility index (Phi) is 4.47. The number of urea groups is 1. The molecule has 6 heteroatoms. The number of carboxylic acids is 1. The van der Waals surface area contributed by atoms with Crippen LogP contribution in [0.15, 0.2) is 18.2 Å². The molecule has 0 aliphatic carbocycles. The Morgan fingerprint density at radius 1 is 1.29 bits per heavy atom. The zero-order valence-electron chi connectivity index (χ0n) is 12.2. The molecule has 1 fully saturated rings. The minimum atomic E-state index is -0.983. The molecule has 0 spiro atoms. The van der Waals surface area contributed by atoms with E-state index < -0.39 is 5.97 Å². The number of amides is 2. The van der Waals surface area contributed by atoms with E-state index >= 15 is 0 Å². The van der Waals surface area contributed by atoms with E-state index in [4.69, 9.17) is 9.84 Å². The van der Waals surface area contributed by atoms with E-state index in [9.17, 15) is 9.59 Å². The fourth-order valence-electron chi connectivity index (χ4n) is 2.31. The van der Waals surface area contributed by atoms with Gasteiger partial charge in [0.2, 0.25) is 0 Å². The predicted octanol–water partition coefficient (Wildman–Crippen LogP) is 2.38. The van der Waals surface area contributed by atoms with Crippen molar-refractivity contribution < 1.29 is 19.4 Å². The molecule has 2 amide bonds. The number of hydrogen-bond donors (Lipinski definition) is 3. The van der Waals surface area contributed by atoms with Gasteiger partial charge in [0.05, 0.1) is 5.56 Å². The van der Waals surface area contributed by atoms with Gasteiger partial charge in [-0.1, -0.05) is 0 Å². The van der Waals surface area contributed by atoms with Gasteiger partial charge in [0.1, 0.15) is 0 Å². The average Bonchev–Trinajstić information content (AvgIpc) is 2.41. The molecule has 1 aromatic carbocycles. The predicted molar refractivity (Wildman–Crippen MR) is 78.8 cm³/mol. The second-order valence-corrected chi connectivity index (χ2v) is 5.59. The van der Waals surface area contributed by atoms with Crippen LogP contribution in [0.1, 0.15) is 35.7 Å². The number of benzene rings is 1. The number of carbonyl (C=O) groups is 2. The highest BCUT2D eigenvalue weighted by Gasteiger charge is 2.29. The Bertz CT molecular complexity index is 551. The van der Waals surface area contributed by atoms with Gasteiger partial charge >= 0.3 is 12.0 Å². The monoisotopic (exact) mass is 292 g/mol. The molecule has 0 saturated carbocycles. The van der Waals surface area contributed by atoms with Crippen molar-refractivity contribution in [3.05, 3.63) is 29.3 Å². The zero-order valence-corrected chi connectivity index (χ0v) is 12.2. The van der Waals surface area contributed by atoms with Gasteiger partial charge in [-0.05, 0) is 50.5 Å². The summed E-state index contributed by atoms with van der Waals surface area (Å²) in [7, 11) is 0. The van der Waals surface area contributed by atoms with Crippen LogP contribution in [-0.4, -0.2) is 35.9 Å². The summed E-state index contributed by atoms with van der Waals surface area (Å²) in [5.74, 6) is -0.983. The van der Waals surface area contributed by atoms with E-state index in [2.05, 4.69) is 10.6 Å². The van der Waals surface area contributed by atoms with Crippen LogP contribution in [0.3, 0.4) is 0 Å². The highest BCUT2D eigenvalue weighted by Crippen LogP contribution is 2.21. The first-order valence-corrected chi connectivity index (χ1v) is 6.90. The normalized spacial score (nSPS) is 17.0. The van der Waals surface area contributed by atoms with Gasteiger partial charge in [0, 0.05) is 24.4 Å². The van der Waals surface area contributed by atoms with E-state index in [1.807, 2.05) is 6.92 Å². The highest BCUT2D eigenvalue weighted by molar-refractivity contribution is 5.93. The zero-order chi connectivity index (χ0) is 15.5. The van der Waals surface area contributed by atoms with E-state index in [1.54, 1.807) is 13.0 Å². The number of carbonyl (C=O) groups excluding carboxylic acids is 1. The topological polar surface area (TPSA) is 87.7 Å². The summed E-state index contributed by atoms with van der Waals surface area (Å²) >= 11 is 0. The number of carboxylic acid groups (broad SMARTS) is 1. The maximum absolute atomic E-state index is 12.1. The Morgan fingerprint density at radius 3 is 2.52 bits per heavy atom. The third-order valence-electron chi connectivity index (χ3n) is 3.73. The number of rotatable bonds is 3. The number of ether oxygens (including phenoxy) is 1. The van der Waals surface area contributed by atoms with Crippen molar-refractivity contribution in [2.75, 3.05) is 18.5 Å². The first-order chi connectivity index (χ1) is 9.89. The van der Waals surface area contributed by atoms with Crippen molar-refractivity contribution in [2.45, 2.75) is 32.2 Å². The van der Waals surface area contributed by atoms with Gasteiger partial charge in [0.15, 0.2) is 0 Å². The fraction of sp³-hybridized carbons (Fsp3) is 0.467. The van der Waals surface area contributed by atoms with E-state index in [-0.39, 0.29) is 17.1 Å². The molecule has 0 aromatic heterocycles. The number of aryl methyl sites for hydroxylation is 1. The molecule has 114 valence electrons. The van der Waals surface area contributed by atoms with Crippen molar-refractivity contribution in [1.82, 2.24) is 5.32 Å². The molecule has 2 rings (SSSR count). The van der Waals surface area contributed by atoms with Gasteiger partial charge in [-0.3, -0.25) is 0 Å². The second kappa shape index (κ2) is 6.13. The Morgan fingerprint density at radius 2 is 1.95 bits per heavy atom. The molecule has 3 N–H and O–H groups in total. The van der Waals surface area contributed by atoms with Crippen molar-refractivity contribution in [1.29, 1.82) is 0 Å². The largest absolute Gasteiger partial charge is 0.478 e. The lowest BCUT2D eigenvalue weighted by atomic mass is 9.93. The summed E-state index contributed by atoms with van der Waals surface area (Å²) in [6.07, 6.45) is 1.55. The molecule has 1 aromatic rings. The molecule has 21 heavy (non-hydrogen) atoms. The maximum atomic E-state index is 12.1. The van der Waals surface area contributed by atoms with Crippen LogP contribution < -0.4 is 10.6 Å². The van der Waals surface area contributed by atoms with E-state index in [0.717, 1.165) is 12.8 Å². The summed E-state index contributed by atoms with van der Waals surface area (Å²) in [5, 5.41) is 14.6. The van der Waals surface area contributed by atoms with Crippen molar-refractivity contribution >= 4 is 17.7 Å². The molecule has 6 nitrogen and oxygen atoms in total. The number of nitrogens with one attached hydrogen (secondary N) is 2. The third-order valence-corrected chi connectivity index (χ3v) is 3.73. The quantitative estimate of drug-likeness (QED) is 0.798. The summed E-state index contributed by atoms with van der Waals surface area (Å²) in [4.78, 5) is 23.0. The third kappa shape index (κ3) is 3.95. The van der Waals surface area contributed by atoms with Crippen LogP contribution in [0.2, 0.25) is 0 Å². The van der Waals surface area contributed by atoms with Gasteiger partial charge in [0.25, 0.3) is 0 Å². The molecule has 1 saturated heterocycles. The first kappa shape index (κ1) is 15.3. The Labute approximate surface area is 123 Å². The second-order valence-electron chi connectivity index (χ2n) is 5.59. The fourth-order valence-corrected chi connectivity index (χ4v) is 2.31. The lowest BCUT2D eigenvalue weighted by Gasteiger charge is -2.34. The molecule has 0 atom stereocenters. The number of anilines is 1. The average molecular weight is 292 g/mol. The summed E-state index contributed by atoms with van der Waals surface area (Å²) in [5.41, 5.74) is 1.25. The van der Waals surface area contributed by atoms with Crippen molar-refractivity contribution in [3.8, 4) is 0 Å². The molecule has 1 aliphatic rings. The standard InChI is InChI=1S/C15H20N2O4/c1-10-9-11(13(18)19)3-4-12(10)16-14(20)17-15(2)5-7-21-8-6-15/h3-4,9H,5-8H2,1-2H3,(H,18,19)(H2,16,17,20). The smallest absolute Gasteiger partial charge is 0.335 e. The van der Waals surface area contributed by atoms with E-state index in [0.29, 0.717) is 24.5 Å².